The highest BCUT2D eigenvalue weighted by Crippen LogP contribution is 2.35. The zero-order chi connectivity index (χ0) is 18.6. The maximum atomic E-state index is 5.92. The Morgan fingerprint density at radius 3 is 2.67 bits per heavy atom. The Morgan fingerprint density at radius 1 is 1.00 bits per heavy atom. The van der Waals surface area contributed by atoms with Crippen molar-refractivity contribution in [2.75, 3.05) is 5.32 Å². The van der Waals surface area contributed by atoms with Crippen LogP contribution < -0.4 is 10.1 Å². The fourth-order valence-electron chi connectivity index (χ4n) is 2.46. The van der Waals surface area contributed by atoms with Gasteiger partial charge in [-0.3, -0.25) is 0 Å². The van der Waals surface area contributed by atoms with Gasteiger partial charge in [-0.1, -0.05) is 45.5 Å². The summed E-state index contributed by atoms with van der Waals surface area (Å²) in [5.74, 6) is 1.23. The number of halogens is 1. The second kappa shape index (κ2) is 7.85. The molecule has 0 saturated heterocycles. The molecule has 4 rings (SSSR count). The Hall–Kier alpha value is -2.77. The highest BCUT2D eigenvalue weighted by molar-refractivity contribution is 9.10. The van der Waals surface area contributed by atoms with Crippen LogP contribution in [0.4, 0.5) is 10.8 Å². The fourth-order valence-corrected chi connectivity index (χ4v) is 3.49. The third-order valence-electron chi connectivity index (χ3n) is 3.79. The van der Waals surface area contributed by atoms with Gasteiger partial charge in [0.05, 0.1) is 5.56 Å². The minimum atomic E-state index is 0.505. The van der Waals surface area contributed by atoms with Crippen LogP contribution in [0.15, 0.2) is 71.3 Å². The fraction of sp³-hybridized carbons (Fsp3) is 0.0500. The summed E-state index contributed by atoms with van der Waals surface area (Å²) in [5, 5.41) is 13.3. The lowest BCUT2D eigenvalue weighted by molar-refractivity contribution is 0.465. The van der Waals surface area contributed by atoms with E-state index in [4.69, 9.17) is 4.74 Å². The van der Waals surface area contributed by atoms with E-state index in [9.17, 15) is 0 Å². The van der Waals surface area contributed by atoms with E-state index in [0.717, 1.165) is 32.0 Å². The molecular weight excluding hydrogens is 424 g/mol. The maximum Gasteiger partial charge on any atom is 0.229 e. The molecule has 2 aromatic heterocycles. The second-order valence-corrected chi connectivity index (χ2v) is 7.60. The minimum Gasteiger partial charge on any atom is -0.438 e. The Kier molecular flexibility index (Phi) is 5.13. The Morgan fingerprint density at radius 2 is 1.85 bits per heavy atom. The SMILES string of the molecule is Cc1cc(Nc2nnc(-c3cccnc3Oc3ccccc3)s2)ccc1Br. The van der Waals surface area contributed by atoms with Gasteiger partial charge in [0.1, 0.15) is 5.75 Å². The molecule has 0 aliphatic rings. The number of rotatable bonds is 5. The van der Waals surface area contributed by atoms with Gasteiger partial charge >= 0.3 is 0 Å². The summed E-state index contributed by atoms with van der Waals surface area (Å²) >= 11 is 4.96. The number of ether oxygens (including phenoxy) is 1. The first kappa shape index (κ1) is 17.6. The number of benzene rings is 2. The van der Waals surface area contributed by atoms with Gasteiger partial charge in [-0.2, -0.15) is 0 Å². The predicted octanol–water partition coefficient (Wildman–Crippen LogP) is 6.21. The van der Waals surface area contributed by atoms with Crippen molar-refractivity contribution in [3.05, 3.63) is 76.9 Å². The zero-order valence-electron chi connectivity index (χ0n) is 14.4. The Bertz CT molecular complexity index is 1070. The molecule has 0 saturated carbocycles. The summed E-state index contributed by atoms with van der Waals surface area (Å²) in [6, 6.07) is 19.4. The summed E-state index contributed by atoms with van der Waals surface area (Å²) in [5.41, 5.74) is 2.92. The monoisotopic (exact) mass is 438 g/mol. The van der Waals surface area contributed by atoms with Crippen LogP contribution in [-0.4, -0.2) is 15.2 Å². The van der Waals surface area contributed by atoms with Crippen molar-refractivity contribution in [3.8, 4) is 22.2 Å². The third kappa shape index (κ3) is 4.15. The minimum absolute atomic E-state index is 0.505. The van der Waals surface area contributed by atoms with E-state index in [1.165, 1.54) is 11.3 Å². The lowest BCUT2D eigenvalue weighted by atomic mass is 10.2. The van der Waals surface area contributed by atoms with Gasteiger partial charge < -0.3 is 10.1 Å². The Balaban J connectivity index is 1.59. The van der Waals surface area contributed by atoms with Crippen LogP contribution in [0.3, 0.4) is 0 Å². The molecule has 0 aliphatic carbocycles. The molecule has 0 spiro atoms. The van der Waals surface area contributed by atoms with E-state index in [1.807, 2.05) is 61.5 Å². The molecule has 0 aliphatic heterocycles. The molecule has 2 heterocycles. The topological polar surface area (TPSA) is 59.9 Å². The summed E-state index contributed by atoms with van der Waals surface area (Å²) in [7, 11) is 0. The largest absolute Gasteiger partial charge is 0.438 e. The lowest BCUT2D eigenvalue weighted by Gasteiger charge is -2.07. The van der Waals surface area contributed by atoms with Crippen molar-refractivity contribution in [3.63, 3.8) is 0 Å². The van der Waals surface area contributed by atoms with Gasteiger partial charge in [0, 0.05) is 16.4 Å². The van der Waals surface area contributed by atoms with Crippen molar-refractivity contribution < 1.29 is 4.74 Å². The molecule has 0 unspecified atom stereocenters. The summed E-state index contributed by atoms with van der Waals surface area (Å²) < 4.78 is 7.00. The predicted molar refractivity (Wildman–Crippen MR) is 112 cm³/mol. The third-order valence-corrected chi connectivity index (χ3v) is 5.56. The number of nitrogens with zero attached hydrogens (tertiary/aromatic N) is 3. The van der Waals surface area contributed by atoms with Crippen molar-refractivity contribution in [1.29, 1.82) is 0 Å². The molecule has 0 radical (unpaired) electrons. The molecule has 0 amide bonds. The quantitative estimate of drug-likeness (QED) is 0.401. The van der Waals surface area contributed by atoms with Gasteiger partial charge in [-0.15, -0.1) is 10.2 Å². The number of pyridine rings is 1. The normalized spacial score (nSPS) is 10.6. The number of hydrogen-bond donors (Lipinski definition) is 1. The summed E-state index contributed by atoms with van der Waals surface area (Å²) in [4.78, 5) is 4.36. The van der Waals surface area contributed by atoms with Gasteiger partial charge in [0.15, 0.2) is 5.01 Å². The van der Waals surface area contributed by atoms with Gasteiger partial charge in [0.25, 0.3) is 0 Å². The van der Waals surface area contributed by atoms with Crippen LogP contribution in [0.1, 0.15) is 5.56 Å². The van der Waals surface area contributed by atoms with Crippen LogP contribution in [0, 0.1) is 6.92 Å². The summed E-state index contributed by atoms with van der Waals surface area (Å²) in [6.07, 6.45) is 1.70. The van der Waals surface area contributed by atoms with Crippen LogP contribution >= 0.6 is 27.3 Å². The molecule has 1 N–H and O–H groups in total. The maximum absolute atomic E-state index is 5.92. The first-order chi connectivity index (χ1) is 13.2. The van der Waals surface area contributed by atoms with Crippen molar-refractivity contribution in [2.24, 2.45) is 0 Å². The molecule has 0 atom stereocenters. The van der Waals surface area contributed by atoms with E-state index in [0.29, 0.717) is 11.0 Å². The molecule has 2 aromatic carbocycles. The van der Waals surface area contributed by atoms with Crippen LogP contribution in [0.25, 0.3) is 10.6 Å². The lowest BCUT2D eigenvalue weighted by Crippen LogP contribution is -1.91. The van der Waals surface area contributed by atoms with Crippen LogP contribution in [0.2, 0.25) is 0 Å². The van der Waals surface area contributed by atoms with E-state index < -0.39 is 0 Å². The highest BCUT2D eigenvalue weighted by Gasteiger charge is 2.14. The standard InChI is InChI=1S/C20H15BrN4OS/c1-13-12-14(9-10-17(13)21)23-20-25-24-19(27-20)16-8-5-11-22-18(16)26-15-6-3-2-4-7-15/h2-12H,1H3,(H,23,25). The molecule has 134 valence electrons. The highest BCUT2D eigenvalue weighted by atomic mass is 79.9. The number of nitrogens with one attached hydrogen (secondary N) is 1. The smallest absolute Gasteiger partial charge is 0.229 e. The number of para-hydroxylation sites is 1. The first-order valence-corrected chi connectivity index (χ1v) is 9.85. The second-order valence-electron chi connectivity index (χ2n) is 5.77. The molecular formula is C20H15BrN4OS. The van der Waals surface area contributed by atoms with E-state index in [1.54, 1.807) is 6.20 Å². The summed E-state index contributed by atoms with van der Waals surface area (Å²) in [6.45, 7) is 2.05. The zero-order valence-corrected chi connectivity index (χ0v) is 16.8. The van der Waals surface area contributed by atoms with Gasteiger partial charge in [-0.05, 0) is 55.0 Å². The molecule has 7 heteroatoms. The average molecular weight is 439 g/mol. The number of aromatic nitrogens is 3. The first-order valence-electron chi connectivity index (χ1n) is 8.24. The van der Waals surface area contributed by atoms with Crippen molar-refractivity contribution >= 4 is 38.1 Å². The van der Waals surface area contributed by atoms with E-state index in [-0.39, 0.29) is 0 Å². The Labute approximate surface area is 169 Å². The number of anilines is 2. The van der Waals surface area contributed by atoms with E-state index >= 15 is 0 Å². The van der Waals surface area contributed by atoms with Crippen LogP contribution in [-0.2, 0) is 0 Å². The number of aryl methyl sites for hydroxylation is 1. The van der Waals surface area contributed by atoms with Crippen molar-refractivity contribution in [1.82, 2.24) is 15.2 Å². The molecule has 0 bridgehead atoms. The van der Waals surface area contributed by atoms with E-state index in [2.05, 4.69) is 42.5 Å². The van der Waals surface area contributed by atoms with Gasteiger partial charge in [-0.25, -0.2) is 4.98 Å². The van der Waals surface area contributed by atoms with Crippen molar-refractivity contribution in [2.45, 2.75) is 6.92 Å². The molecule has 4 aromatic rings. The van der Waals surface area contributed by atoms with Crippen LogP contribution in [0.5, 0.6) is 11.6 Å². The van der Waals surface area contributed by atoms with Gasteiger partial charge in [0.2, 0.25) is 11.0 Å². The molecule has 27 heavy (non-hydrogen) atoms. The average Bonchev–Trinajstić information content (AvgIpc) is 3.14. The molecule has 5 nitrogen and oxygen atoms in total. The number of hydrogen-bond acceptors (Lipinski definition) is 6. The molecule has 0 fully saturated rings.